The molecular formula is C21H20N8O4. The van der Waals surface area contributed by atoms with Gasteiger partial charge in [0, 0.05) is 32.3 Å². The summed E-state index contributed by atoms with van der Waals surface area (Å²) in [6.45, 7) is 1.16. The number of hydrogen-bond acceptors (Lipinski definition) is 10. The number of methoxy groups -OCH3 is 1. The maximum Gasteiger partial charge on any atom is 0.337 e. The van der Waals surface area contributed by atoms with Crippen molar-refractivity contribution in [3.8, 4) is 0 Å². The number of carbonyl (C=O) groups is 2. The summed E-state index contributed by atoms with van der Waals surface area (Å²) in [4.78, 5) is 38.9. The van der Waals surface area contributed by atoms with Crippen LogP contribution in [-0.2, 0) is 11.8 Å². The van der Waals surface area contributed by atoms with E-state index in [1.165, 1.54) is 7.11 Å². The fourth-order valence-corrected chi connectivity index (χ4v) is 3.60. The zero-order chi connectivity index (χ0) is 23.1. The Balaban J connectivity index is 1.31. The fraction of sp³-hybridized carbons (Fsp3) is 0.238. The average molecular weight is 448 g/mol. The lowest BCUT2D eigenvalue weighted by Crippen LogP contribution is -2.45. The lowest BCUT2D eigenvalue weighted by molar-refractivity contribution is 0.0600. The lowest BCUT2D eigenvalue weighted by Gasteiger charge is -2.37. The highest BCUT2D eigenvalue weighted by Crippen LogP contribution is 2.33. The molecule has 0 atom stereocenters. The third-order valence-electron chi connectivity index (χ3n) is 5.36. The van der Waals surface area contributed by atoms with Crippen LogP contribution in [0.15, 0.2) is 41.2 Å². The molecule has 5 rings (SSSR count). The van der Waals surface area contributed by atoms with E-state index in [1.54, 1.807) is 48.5 Å². The third kappa shape index (κ3) is 3.82. The maximum absolute atomic E-state index is 12.0. The van der Waals surface area contributed by atoms with Gasteiger partial charge in [0.05, 0.1) is 36.4 Å². The van der Waals surface area contributed by atoms with Crippen molar-refractivity contribution in [1.29, 1.82) is 0 Å². The van der Waals surface area contributed by atoms with E-state index in [4.69, 9.17) is 14.9 Å². The van der Waals surface area contributed by atoms with Gasteiger partial charge < -0.3 is 25.1 Å². The predicted molar refractivity (Wildman–Crippen MR) is 117 cm³/mol. The first kappa shape index (κ1) is 20.4. The molecule has 0 unspecified atom stereocenters. The van der Waals surface area contributed by atoms with Crippen molar-refractivity contribution in [3.05, 3.63) is 53.7 Å². The molecule has 0 spiro atoms. The predicted octanol–water partition coefficient (Wildman–Crippen LogP) is 1.58. The zero-order valence-corrected chi connectivity index (χ0v) is 17.8. The number of nitrogens with zero attached hydrogens (tertiary/aromatic N) is 6. The van der Waals surface area contributed by atoms with Gasteiger partial charge in [0.2, 0.25) is 0 Å². The van der Waals surface area contributed by atoms with E-state index >= 15 is 0 Å². The monoisotopic (exact) mass is 448 g/mol. The smallest absolute Gasteiger partial charge is 0.337 e. The van der Waals surface area contributed by atoms with E-state index < -0.39 is 11.9 Å². The molecule has 0 bridgehead atoms. The molecule has 1 fully saturated rings. The Morgan fingerprint density at radius 1 is 1.24 bits per heavy atom. The van der Waals surface area contributed by atoms with E-state index in [2.05, 4.69) is 25.4 Å². The van der Waals surface area contributed by atoms with Crippen LogP contribution in [0.25, 0.3) is 11.1 Å². The molecule has 1 aliphatic rings. The highest BCUT2D eigenvalue weighted by molar-refractivity contribution is 5.96. The summed E-state index contributed by atoms with van der Waals surface area (Å²) >= 11 is 0. The molecule has 12 heteroatoms. The largest absolute Gasteiger partial charge is 0.465 e. The van der Waals surface area contributed by atoms with Crippen LogP contribution >= 0.6 is 0 Å². The summed E-state index contributed by atoms with van der Waals surface area (Å²) in [5, 5.41) is 7.09. The van der Waals surface area contributed by atoms with Gasteiger partial charge in [-0.3, -0.25) is 9.48 Å². The van der Waals surface area contributed by atoms with Gasteiger partial charge in [-0.05, 0) is 18.2 Å². The Hall–Kier alpha value is -4.48. The van der Waals surface area contributed by atoms with E-state index in [0.717, 1.165) is 0 Å². The van der Waals surface area contributed by atoms with Crippen molar-refractivity contribution in [2.45, 2.75) is 5.92 Å². The van der Waals surface area contributed by atoms with Crippen molar-refractivity contribution in [2.75, 3.05) is 30.4 Å². The van der Waals surface area contributed by atoms with Crippen molar-refractivity contribution >= 4 is 40.5 Å². The van der Waals surface area contributed by atoms with Gasteiger partial charge in [0.1, 0.15) is 5.52 Å². The van der Waals surface area contributed by atoms with Crippen LogP contribution in [0.4, 0.5) is 17.5 Å². The average Bonchev–Trinajstić information content (AvgIpc) is 3.37. The number of carbonyl (C=O) groups excluding carboxylic acids is 2. The number of primary amides is 1. The number of esters is 1. The number of anilines is 3. The second-order valence-corrected chi connectivity index (χ2v) is 7.66. The molecule has 4 heterocycles. The SMILES string of the molecule is COC(=O)c1ccc2nc(N3CC(c4cnc(Nc5cnn(C)c5)c(C(N)=O)n4)C3)oc2c1. The van der Waals surface area contributed by atoms with Gasteiger partial charge in [-0.1, -0.05) is 0 Å². The second kappa shape index (κ2) is 7.89. The molecule has 0 aliphatic carbocycles. The van der Waals surface area contributed by atoms with Crippen LogP contribution in [0.3, 0.4) is 0 Å². The van der Waals surface area contributed by atoms with Crippen molar-refractivity contribution in [3.63, 3.8) is 0 Å². The number of rotatable bonds is 6. The summed E-state index contributed by atoms with van der Waals surface area (Å²) < 4.78 is 12.2. The Kier molecular flexibility index (Phi) is 4.89. The first-order chi connectivity index (χ1) is 15.9. The highest BCUT2D eigenvalue weighted by atomic mass is 16.5. The van der Waals surface area contributed by atoms with Gasteiger partial charge in [-0.15, -0.1) is 0 Å². The number of amides is 1. The van der Waals surface area contributed by atoms with Crippen molar-refractivity contribution in [1.82, 2.24) is 24.7 Å². The number of benzene rings is 1. The third-order valence-corrected chi connectivity index (χ3v) is 5.36. The molecule has 168 valence electrons. The van der Waals surface area contributed by atoms with E-state index in [9.17, 15) is 9.59 Å². The number of oxazole rings is 1. The lowest BCUT2D eigenvalue weighted by atomic mass is 9.97. The Morgan fingerprint density at radius 2 is 2.06 bits per heavy atom. The van der Waals surface area contributed by atoms with Crippen molar-refractivity contribution in [2.24, 2.45) is 12.8 Å². The van der Waals surface area contributed by atoms with E-state index in [1.807, 2.05) is 4.90 Å². The molecular weight excluding hydrogens is 428 g/mol. The minimum Gasteiger partial charge on any atom is -0.465 e. The normalized spacial score (nSPS) is 13.7. The summed E-state index contributed by atoms with van der Waals surface area (Å²) in [6.07, 6.45) is 4.99. The molecule has 33 heavy (non-hydrogen) atoms. The quantitative estimate of drug-likeness (QED) is 0.415. The van der Waals surface area contributed by atoms with Crippen molar-refractivity contribution < 1.29 is 18.7 Å². The number of nitrogens with one attached hydrogen (secondary N) is 1. The topological polar surface area (TPSA) is 154 Å². The molecule has 1 saturated heterocycles. The first-order valence-electron chi connectivity index (χ1n) is 10.1. The molecule has 12 nitrogen and oxygen atoms in total. The first-order valence-corrected chi connectivity index (χ1v) is 10.1. The van der Waals surface area contributed by atoms with Gasteiger partial charge in [-0.25, -0.2) is 14.8 Å². The van der Waals surface area contributed by atoms with Crippen LogP contribution in [0.5, 0.6) is 0 Å². The van der Waals surface area contributed by atoms with Gasteiger partial charge in [-0.2, -0.15) is 10.1 Å². The summed E-state index contributed by atoms with van der Waals surface area (Å²) in [7, 11) is 3.11. The van der Waals surface area contributed by atoms with Gasteiger partial charge >= 0.3 is 5.97 Å². The molecule has 1 aliphatic heterocycles. The molecule has 1 aromatic carbocycles. The molecule has 1 amide bonds. The van der Waals surface area contributed by atoms with E-state index in [-0.39, 0.29) is 17.4 Å². The minimum atomic E-state index is -0.674. The molecule has 4 aromatic rings. The van der Waals surface area contributed by atoms with Crippen LogP contribution < -0.4 is 16.0 Å². The van der Waals surface area contributed by atoms with E-state index in [0.29, 0.717) is 47.1 Å². The minimum absolute atomic E-state index is 0.0312. The number of fused-ring (bicyclic) bond motifs is 1. The molecule has 3 N–H and O–H groups in total. The Morgan fingerprint density at radius 3 is 2.76 bits per heavy atom. The number of hydrogen-bond donors (Lipinski definition) is 2. The number of ether oxygens (including phenoxy) is 1. The molecule has 0 radical (unpaired) electrons. The van der Waals surface area contributed by atoms with Crippen LogP contribution in [-0.4, -0.2) is 56.8 Å². The summed E-state index contributed by atoms with van der Waals surface area (Å²) in [5.74, 6) is -0.809. The Bertz CT molecular complexity index is 1370. The highest BCUT2D eigenvalue weighted by Gasteiger charge is 2.33. The number of aryl methyl sites for hydroxylation is 1. The fourth-order valence-electron chi connectivity index (χ4n) is 3.60. The second-order valence-electron chi connectivity index (χ2n) is 7.66. The summed E-state index contributed by atoms with van der Waals surface area (Å²) in [5.41, 5.74) is 8.45. The Labute approximate surface area is 187 Å². The van der Waals surface area contributed by atoms with Crippen LogP contribution in [0.1, 0.15) is 32.5 Å². The maximum atomic E-state index is 12.0. The standard InChI is InChI=1S/C21H20N8O4/c1-28-10-13(6-24-28)25-19-17(18(22)30)26-15(7-23-19)12-8-29(9-12)21-27-14-4-3-11(20(31)32-2)5-16(14)33-21/h3-7,10,12H,8-9H2,1-2H3,(H2,22,30)(H,23,25). The molecule has 0 saturated carbocycles. The van der Waals surface area contributed by atoms with Gasteiger partial charge in [0.15, 0.2) is 17.1 Å². The number of aromatic nitrogens is 5. The molecule has 3 aromatic heterocycles. The number of nitrogens with two attached hydrogens (primary N) is 1. The van der Waals surface area contributed by atoms with Crippen LogP contribution in [0.2, 0.25) is 0 Å². The summed E-state index contributed by atoms with van der Waals surface area (Å²) in [6, 6.07) is 5.40. The zero-order valence-electron chi connectivity index (χ0n) is 17.8. The van der Waals surface area contributed by atoms with Gasteiger partial charge in [0.25, 0.3) is 11.9 Å². The van der Waals surface area contributed by atoms with Crippen LogP contribution in [0, 0.1) is 0 Å².